The molecule has 26 heavy (non-hydrogen) atoms. The van der Waals surface area contributed by atoms with E-state index in [0.717, 1.165) is 20.5 Å². The Balaban J connectivity index is 0.00000243. The van der Waals surface area contributed by atoms with Gasteiger partial charge >= 0.3 is 0 Å². The number of rotatable bonds is 6. The summed E-state index contributed by atoms with van der Waals surface area (Å²) in [7, 11) is 0. The highest BCUT2D eigenvalue weighted by Crippen LogP contribution is 2.29. The molecule has 3 unspecified atom stereocenters. The third-order valence-corrected chi connectivity index (χ3v) is 5.60. The predicted octanol–water partition coefficient (Wildman–Crippen LogP) is 3.81. The molecule has 6 heteroatoms. The van der Waals surface area contributed by atoms with Crippen LogP contribution in [0.15, 0.2) is 60.7 Å². The van der Waals surface area contributed by atoms with Crippen LogP contribution in [-0.4, -0.2) is 17.6 Å². The molecule has 3 aromatic rings. The summed E-state index contributed by atoms with van der Waals surface area (Å²) in [4.78, 5) is 13.2. The van der Waals surface area contributed by atoms with Gasteiger partial charge in [0.2, 0.25) is 5.91 Å². The molecule has 0 saturated heterocycles. The number of hydrogen-bond donors (Lipinski definition) is 3. The van der Waals surface area contributed by atoms with Gasteiger partial charge in [0.1, 0.15) is 6.10 Å². The van der Waals surface area contributed by atoms with Crippen molar-refractivity contribution < 1.29 is 9.90 Å². The summed E-state index contributed by atoms with van der Waals surface area (Å²) in [6, 6.07) is 19.2. The second kappa shape index (κ2) is 9.14. The van der Waals surface area contributed by atoms with Crippen molar-refractivity contribution in [3.63, 3.8) is 0 Å². The van der Waals surface area contributed by atoms with Gasteiger partial charge in [-0.3, -0.25) is 4.79 Å². The Hall–Kier alpha value is -1.92. The zero-order valence-electron chi connectivity index (χ0n) is 14.5. The number of nitrogens with two attached hydrogens (primary N) is 1. The largest absolute Gasteiger partial charge is 0.386 e. The molecule has 4 N–H and O–H groups in total. The van der Waals surface area contributed by atoms with Crippen LogP contribution in [0.2, 0.25) is 0 Å². The van der Waals surface area contributed by atoms with Crippen LogP contribution in [0, 0.1) is 5.92 Å². The van der Waals surface area contributed by atoms with Gasteiger partial charge in [0.05, 0.1) is 5.92 Å². The van der Waals surface area contributed by atoms with Crippen LogP contribution in [0.5, 0.6) is 0 Å². The number of halogens is 1. The van der Waals surface area contributed by atoms with Crippen LogP contribution < -0.4 is 11.1 Å². The topological polar surface area (TPSA) is 75.3 Å². The van der Waals surface area contributed by atoms with Crippen LogP contribution in [0.25, 0.3) is 10.1 Å². The smallest absolute Gasteiger partial charge is 0.224 e. The molecule has 0 aliphatic heterocycles. The number of hydrogen-bond acceptors (Lipinski definition) is 4. The van der Waals surface area contributed by atoms with Crippen LogP contribution in [0.4, 0.5) is 0 Å². The fraction of sp³-hybridized carbons (Fsp3) is 0.250. The van der Waals surface area contributed by atoms with E-state index in [2.05, 4.69) is 5.32 Å². The fourth-order valence-electron chi connectivity index (χ4n) is 2.75. The summed E-state index contributed by atoms with van der Waals surface area (Å²) in [5.41, 5.74) is 7.11. The third kappa shape index (κ3) is 4.62. The van der Waals surface area contributed by atoms with E-state index in [0.29, 0.717) is 0 Å². The van der Waals surface area contributed by atoms with Crippen LogP contribution >= 0.6 is 23.7 Å². The highest BCUT2D eigenvalue weighted by atomic mass is 35.5. The van der Waals surface area contributed by atoms with E-state index in [1.807, 2.05) is 60.7 Å². The molecule has 3 atom stereocenters. The van der Waals surface area contributed by atoms with Crippen LogP contribution in [-0.2, 0) is 4.79 Å². The van der Waals surface area contributed by atoms with Crippen molar-refractivity contribution in [1.82, 2.24) is 5.32 Å². The lowest BCUT2D eigenvalue weighted by molar-refractivity contribution is -0.125. The van der Waals surface area contributed by atoms with Gasteiger partial charge in [-0.1, -0.05) is 55.5 Å². The SMILES string of the molecule is CC(C(=O)NCC(O)c1cc2ccccc2s1)C(N)c1ccccc1.Cl. The lowest BCUT2D eigenvalue weighted by atomic mass is 9.94. The first-order valence-electron chi connectivity index (χ1n) is 8.31. The standard InChI is InChI=1S/C20H22N2O2S.ClH/c1-13(19(21)14-7-3-2-4-8-14)20(24)22-12-16(23)18-11-15-9-5-6-10-17(15)25-18;/h2-11,13,16,19,23H,12,21H2,1H3,(H,22,24);1H. The summed E-state index contributed by atoms with van der Waals surface area (Å²) in [5, 5.41) is 14.3. The summed E-state index contributed by atoms with van der Waals surface area (Å²) in [6.07, 6.45) is -0.721. The lowest BCUT2D eigenvalue weighted by Gasteiger charge is -2.20. The van der Waals surface area contributed by atoms with E-state index in [-0.39, 0.29) is 36.8 Å². The first-order valence-corrected chi connectivity index (χ1v) is 9.12. The summed E-state index contributed by atoms with van der Waals surface area (Å²) in [6.45, 7) is 1.98. The number of aliphatic hydroxyl groups is 1. The minimum atomic E-state index is -0.721. The first-order chi connectivity index (χ1) is 12.1. The molecule has 1 aromatic heterocycles. The molecule has 0 saturated carbocycles. The maximum Gasteiger partial charge on any atom is 0.224 e. The maximum absolute atomic E-state index is 12.4. The Morgan fingerprint density at radius 1 is 1.15 bits per heavy atom. The van der Waals surface area contributed by atoms with Crippen molar-refractivity contribution in [2.75, 3.05) is 6.54 Å². The van der Waals surface area contributed by atoms with Crippen molar-refractivity contribution >= 4 is 39.7 Å². The molecule has 2 aromatic carbocycles. The highest BCUT2D eigenvalue weighted by Gasteiger charge is 2.23. The van der Waals surface area contributed by atoms with Crippen LogP contribution in [0.3, 0.4) is 0 Å². The average Bonchev–Trinajstić information content (AvgIpc) is 3.09. The minimum Gasteiger partial charge on any atom is -0.386 e. The first kappa shape index (κ1) is 20.4. The quantitative estimate of drug-likeness (QED) is 0.599. The van der Waals surface area contributed by atoms with E-state index in [4.69, 9.17) is 5.73 Å². The highest BCUT2D eigenvalue weighted by molar-refractivity contribution is 7.19. The Morgan fingerprint density at radius 2 is 1.81 bits per heavy atom. The molecule has 0 spiro atoms. The van der Waals surface area contributed by atoms with E-state index in [9.17, 15) is 9.90 Å². The van der Waals surface area contributed by atoms with Gasteiger partial charge in [0, 0.05) is 22.2 Å². The zero-order chi connectivity index (χ0) is 17.8. The average molecular weight is 391 g/mol. The number of fused-ring (bicyclic) bond motifs is 1. The number of thiophene rings is 1. The Labute approximate surface area is 163 Å². The minimum absolute atomic E-state index is 0. The number of carbonyl (C=O) groups excluding carboxylic acids is 1. The summed E-state index contributed by atoms with van der Waals surface area (Å²) in [5.74, 6) is -0.534. The molecular weight excluding hydrogens is 368 g/mol. The lowest BCUT2D eigenvalue weighted by Crippen LogP contribution is -2.37. The van der Waals surface area contributed by atoms with Gasteiger partial charge in [0.25, 0.3) is 0 Å². The molecule has 0 aliphatic carbocycles. The molecule has 1 amide bonds. The number of amides is 1. The van der Waals surface area contributed by atoms with Gasteiger partial charge in [-0.2, -0.15) is 0 Å². The van der Waals surface area contributed by atoms with Crippen molar-refractivity contribution in [2.24, 2.45) is 11.7 Å². The van der Waals surface area contributed by atoms with Crippen LogP contribution in [0.1, 0.15) is 29.5 Å². The maximum atomic E-state index is 12.4. The Kier molecular flexibility index (Phi) is 7.17. The normalized spacial score (nSPS) is 14.3. The molecule has 138 valence electrons. The molecular formula is C20H23ClN2O2S. The molecule has 0 radical (unpaired) electrons. The van der Waals surface area contributed by atoms with Crippen molar-refractivity contribution in [2.45, 2.75) is 19.1 Å². The Bertz CT molecular complexity index is 820. The van der Waals surface area contributed by atoms with Crippen molar-refractivity contribution in [3.8, 4) is 0 Å². The summed E-state index contributed by atoms with van der Waals surface area (Å²) >= 11 is 1.54. The molecule has 1 heterocycles. The predicted molar refractivity (Wildman–Crippen MR) is 110 cm³/mol. The van der Waals surface area contributed by atoms with Gasteiger partial charge in [0.15, 0.2) is 0 Å². The molecule has 0 fully saturated rings. The van der Waals surface area contributed by atoms with E-state index in [1.54, 1.807) is 18.3 Å². The van der Waals surface area contributed by atoms with Gasteiger partial charge < -0.3 is 16.2 Å². The van der Waals surface area contributed by atoms with E-state index in [1.165, 1.54) is 0 Å². The van der Waals surface area contributed by atoms with Gasteiger partial charge in [-0.25, -0.2) is 0 Å². The number of aliphatic hydroxyl groups excluding tert-OH is 1. The van der Waals surface area contributed by atoms with Crippen molar-refractivity contribution in [3.05, 3.63) is 71.1 Å². The van der Waals surface area contributed by atoms with E-state index < -0.39 is 6.10 Å². The van der Waals surface area contributed by atoms with E-state index >= 15 is 0 Å². The summed E-state index contributed by atoms with van der Waals surface area (Å²) < 4.78 is 1.13. The van der Waals surface area contributed by atoms with Gasteiger partial charge in [-0.05, 0) is 23.1 Å². The van der Waals surface area contributed by atoms with Gasteiger partial charge in [-0.15, -0.1) is 23.7 Å². The zero-order valence-corrected chi connectivity index (χ0v) is 16.1. The molecule has 3 rings (SSSR count). The van der Waals surface area contributed by atoms with Crippen molar-refractivity contribution in [1.29, 1.82) is 0 Å². The number of nitrogens with one attached hydrogen (secondary N) is 1. The molecule has 0 bridgehead atoms. The monoisotopic (exact) mass is 390 g/mol. The number of benzene rings is 2. The number of carbonyl (C=O) groups is 1. The fourth-order valence-corrected chi connectivity index (χ4v) is 3.80. The molecule has 4 nitrogen and oxygen atoms in total. The third-order valence-electron chi connectivity index (χ3n) is 4.38. The second-order valence-corrected chi connectivity index (χ2v) is 7.29. The molecule has 0 aliphatic rings. The second-order valence-electron chi connectivity index (χ2n) is 6.17. The Morgan fingerprint density at radius 3 is 2.50 bits per heavy atom.